The van der Waals surface area contributed by atoms with Crippen molar-refractivity contribution in [3.8, 4) is 12.1 Å². The second-order valence-corrected chi connectivity index (χ2v) is 9.61. The number of fused-ring (bicyclic) bond motifs is 1. The molecule has 0 saturated heterocycles. The van der Waals surface area contributed by atoms with E-state index in [1.165, 1.54) is 11.3 Å². The van der Waals surface area contributed by atoms with Crippen molar-refractivity contribution >= 4 is 34.8 Å². The summed E-state index contributed by atoms with van der Waals surface area (Å²) in [6, 6.07) is 15.3. The van der Waals surface area contributed by atoms with Gasteiger partial charge in [0.25, 0.3) is 0 Å². The second kappa shape index (κ2) is 8.73. The molecule has 0 fully saturated rings. The Morgan fingerprint density at radius 3 is 2.55 bits per heavy atom. The topological polar surface area (TPSA) is 85.9 Å². The van der Waals surface area contributed by atoms with E-state index in [0.717, 1.165) is 15.3 Å². The molecule has 2 aromatic rings. The molecule has 1 aromatic carbocycles. The van der Waals surface area contributed by atoms with E-state index in [4.69, 9.17) is 4.74 Å². The number of benzene rings is 1. The minimum atomic E-state index is -0.624. The number of thioether (sulfide) groups is 1. The summed E-state index contributed by atoms with van der Waals surface area (Å²) in [5.41, 5.74) is 1.01. The minimum Gasteiger partial charge on any atom is -0.444 e. The highest BCUT2D eigenvalue weighted by atomic mass is 32.2. The Hall–Kier alpha value is -2.74. The van der Waals surface area contributed by atoms with Gasteiger partial charge in [-0.3, -0.25) is 0 Å². The van der Waals surface area contributed by atoms with Gasteiger partial charge in [0, 0.05) is 21.4 Å². The molecule has 0 unspecified atom stereocenters. The van der Waals surface area contributed by atoms with Gasteiger partial charge in [-0.2, -0.15) is 10.5 Å². The fraction of sp³-hybridized carbons (Fsp3) is 0.318. The number of ether oxygens (including phenoxy) is 1. The Balaban J connectivity index is 2.07. The Morgan fingerprint density at radius 1 is 1.21 bits per heavy atom. The maximum atomic E-state index is 12.6. The molecule has 2 atom stereocenters. The van der Waals surface area contributed by atoms with Crippen LogP contribution in [-0.2, 0) is 4.74 Å². The number of carbonyl (C=O) groups is 1. The number of carbonyl (C=O) groups excluding carboxylic acids is 1. The summed E-state index contributed by atoms with van der Waals surface area (Å²) in [5, 5.41) is 24.2. The Morgan fingerprint density at radius 2 is 1.93 bits per heavy atom. The Bertz CT molecular complexity index is 992. The molecule has 1 aliphatic rings. The summed E-state index contributed by atoms with van der Waals surface area (Å²) in [7, 11) is 0. The average molecular weight is 424 g/mol. The van der Waals surface area contributed by atoms with Gasteiger partial charge in [0.15, 0.2) is 0 Å². The molecule has 1 N–H and O–H groups in total. The minimum absolute atomic E-state index is 0.0790. The van der Waals surface area contributed by atoms with Crippen molar-refractivity contribution in [2.45, 2.75) is 37.3 Å². The number of alkyl carbamates (subject to hydrolysis) is 1. The highest BCUT2D eigenvalue weighted by Crippen LogP contribution is 2.47. The molecule has 29 heavy (non-hydrogen) atoms. The number of hydrogen-bond acceptors (Lipinski definition) is 6. The van der Waals surface area contributed by atoms with E-state index in [0.29, 0.717) is 11.3 Å². The average Bonchev–Trinajstić information content (AvgIpc) is 3.20. The highest BCUT2D eigenvalue weighted by molar-refractivity contribution is 7.99. The summed E-state index contributed by atoms with van der Waals surface area (Å²) in [6.07, 6.45) is -0.519. The van der Waals surface area contributed by atoms with Crippen molar-refractivity contribution in [1.82, 2.24) is 5.32 Å². The van der Waals surface area contributed by atoms with Crippen LogP contribution in [0.25, 0.3) is 5.57 Å². The van der Waals surface area contributed by atoms with Gasteiger partial charge in [0.05, 0.1) is 6.04 Å². The molecule has 0 saturated carbocycles. The Kier molecular flexibility index (Phi) is 6.32. The van der Waals surface area contributed by atoms with Gasteiger partial charge in [-0.05, 0) is 49.4 Å². The van der Waals surface area contributed by atoms with E-state index >= 15 is 0 Å². The van der Waals surface area contributed by atoms with Crippen LogP contribution in [0.1, 0.15) is 37.3 Å². The molecule has 1 aliphatic heterocycles. The first kappa shape index (κ1) is 21.0. The lowest BCUT2D eigenvalue weighted by atomic mass is 9.84. The van der Waals surface area contributed by atoms with Gasteiger partial charge >= 0.3 is 6.09 Å². The molecule has 0 radical (unpaired) electrons. The van der Waals surface area contributed by atoms with Gasteiger partial charge in [-0.25, -0.2) is 4.79 Å². The largest absolute Gasteiger partial charge is 0.444 e. The summed E-state index contributed by atoms with van der Waals surface area (Å²) in [5.74, 6) is 0.396. The predicted molar refractivity (Wildman–Crippen MR) is 115 cm³/mol. The first-order valence-electron chi connectivity index (χ1n) is 9.13. The molecule has 5 nitrogen and oxygen atoms in total. The smallest absolute Gasteiger partial charge is 0.408 e. The van der Waals surface area contributed by atoms with Crippen LogP contribution < -0.4 is 5.32 Å². The normalized spacial score (nSPS) is 16.7. The van der Waals surface area contributed by atoms with Crippen molar-refractivity contribution < 1.29 is 9.53 Å². The van der Waals surface area contributed by atoms with Crippen LogP contribution in [0.15, 0.2) is 52.2 Å². The molecule has 1 amide bonds. The number of nitrogens with zero attached hydrogens (tertiary/aromatic N) is 2. The van der Waals surface area contributed by atoms with Crippen LogP contribution in [-0.4, -0.2) is 17.4 Å². The molecule has 3 rings (SSSR count). The van der Waals surface area contributed by atoms with Gasteiger partial charge in [-0.1, -0.05) is 24.3 Å². The number of thiophene rings is 1. The zero-order valence-corrected chi connectivity index (χ0v) is 18.1. The number of allylic oxidation sites excluding steroid dienone is 1. The third kappa shape index (κ3) is 4.82. The van der Waals surface area contributed by atoms with Crippen LogP contribution in [0.4, 0.5) is 4.79 Å². The van der Waals surface area contributed by atoms with Crippen molar-refractivity contribution in [3.63, 3.8) is 0 Å². The van der Waals surface area contributed by atoms with Crippen LogP contribution in [0.2, 0.25) is 0 Å². The maximum absolute atomic E-state index is 12.6. The van der Waals surface area contributed by atoms with E-state index in [-0.39, 0.29) is 11.5 Å². The van der Waals surface area contributed by atoms with Crippen LogP contribution in [0, 0.1) is 28.6 Å². The molecular formula is C22H21N3O2S2. The van der Waals surface area contributed by atoms with E-state index in [9.17, 15) is 15.3 Å². The molecule has 1 aromatic heterocycles. The molecule has 0 aliphatic carbocycles. The zero-order valence-electron chi connectivity index (χ0n) is 16.4. The van der Waals surface area contributed by atoms with Gasteiger partial charge < -0.3 is 10.1 Å². The standard InChI is InChI=1S/C22H21N3O2S2/c1-22(2,3)27-21(26)25-20(18-9-6-10-28-18)16-13-29-17-8-5-4-7-15(17)19(16)14(11-23)12-24/h4-10,16,20H,13H2,1-3H3,(H,25,26)/t16-,20-/m1/s1. The van der Waals surface area contributed by atoms with Crippen molar-refractivity contribution in [3.05, 3.63) is 57.8 Å². The highest BCUT2D eigenvalue weighted by Gasteiger charge is 2.36. The molecular weight excluding hydrogens is 402 g/mol. The number of rotatable bonds is 3. The fourth-order valence-electron chi connectivity index (χ4n) is 3.28. The first-order chi connectivity index (χ1) is 13.8. The van der Waals surface area contributed by atoms with Gasteiger partial charge in [0.1, 0.15) is 23.3 Å². The number of amides is 1. The fourth-order valence-corrected chi connectivity index (χ4v) is 5.35. The predicted octanol–water partition coefficient (Wildman–Crippen LogP) is 5.54. The SMILES string of the molecule is CC(C)(C)OC(=O)N[C@@H](c1cccs1)[C@@H]1CSc2ccccc2C1=C(C#N)C#N. The lowest BCUT2D eigenvalue weighted by molar-refractivity contribution is 0.0496. The van der Waals surface area contributed by atoms with E-state index < -0.39 is 17.7 Å². The lowest BCUT2D eigenvalue weighted by Crippen LogP contribution is -2.39. The van der Waals surface area contributed by atoms with Crippen LogP contribution in [0.3, 0.4) is 0 Å². The molecule has 2 heterocycles. The van der Waals surface area contributed by atoms with Crippen molar-refractivity contribution in [1.29, 1.82) is 10.5 Å². The molecule has 148 valence electrons. The first-order valence-corrected chi connectivity index (χ1v) is 11.0. The van der Waals surface area contributed by atoms with Crippen molar-refractivity contribution in [2.75, 3.05) is 5.75 Å². The maximum Gasteiger partial charge on any atom is 0.408 e. The number of nitriles is 2. The molecule has 0 bridgehead atoms. The second-order valence-electron chi connectivity index (χ2n) is 7.57. The quantitative estimate of drug-likeness (QED) is 0.655. The van der Waals surface area contributed by atoms with Crippen LogP contribution in [0.5, 0.6) is 0 Å². The zero-order chi connectivity index (χ0) is 21.0. The third-order valence-corrected chi connectivity index (χ3v) is 6.53. The third-order valence-electron chi connectivity index (χ3n) is 4.38. The van der Waals surface area contributed by atoms with Crippen LogP contribution >= 0.6 is 23.1 Å². The van der Waals surface area contributed by atoms with Gasteiger partial charge in [-0.15, -0.1) is 23.1 Å². The monoisotopic (exact) mass is 423 g/mol. The Labute approximate surface area is 179 Å². The molecule has 0 spiro atoms. The number of hydrogen-bond donors (Lipinski definition) is 1. The lowest BCUT2D eigenvalue weighted by Gasteiger charge is -2.34. The van der Waals surface area contributed by atoms with E-state index in [1.807, 2.05) is 62.5 Å². The molecule has 7 heteroatoms. The van der Waals surface area contributed by atoms with E-state index in [2.05, 4.69) is 17.5 Å². The number of nitrogens with one attached hydrogen (secondary N) is 1. The van der Waals surface area contributed by atoms with Crippen molar-refractivity contribution in [2.24, 2.45) is 5.92 Å². The summed E-state index contributed by atoms with van der Waals surface area (Å²) >= 11 is 3.19. The summed E-state index contributed by atoms with van der Waals surface area (Å²) in [4.78, 5) is 14.6. The summed E-state index contributed by atoms with van der Waals surface area (Å²) in [6.45, 7) is 5.44. The summed E-state index contributed by atoms with van der Waals surface area (Å²) < 4.78 is 5.48. The van der Waals surface area contributed by atoms with Gasteiger partial charge in [0.2, 0.25) is 0 Å². The van der Waals surface area contributed by atoms with E-state index in [1.54, 1.807) is 11.8 Å².